The maximum atomic E-state index is 6.45. The van der Waals surface area contributed by atoms with Crippen molar-refractivity contribution >= 4 is 21.4 Å². The van der Waals surface area contributed by atoms with E-state index in [-0.39, 0.29) is 6.04 Å². The summed E-state index contributed by atoms with van der Waals surface area (Å²) >= 11 is 1.75. The standard InChI is InChI=1S/C15H17N3S/c1-2-9-18-13(7-8-17-18)15(16)12-10-19-14-6-4-3-5-11(12)14/h3-8,10,15H,2,9,16H2,1H3. The normalized spacial score (nSPS) is 12.9. The fourth-order valence-electron chi connectivity index (χ4n) is 2.40. The van der Waals surface area contributed by atoms with E-state index in [9.17, 15) is 0 Å². The highest BCUT2D eigenvalue weighted by Gasteiger charge is 2.17. The average Bonchev–Trinajstić information content (AvgIpc) is 3.04. The zero-order chi connectivity index (χ0) is 13.2. The van der Waals surface area contributed by atoms with E-state index < -0.39 is 0 Å². The largest absolute Gasteiger partial charge is 0.319 e. The van der Waals surface area contributed by atoms with Crippen molar-refractivity contribution in [2.24, 2.45) is 5.73 Å². The predicted octanol–water partition coefficient (Wildman–Crippen LogP) is 3.56. The van der Waals surface area contributed by atoms with E-state index in [0.717, 1.165) is 18.7 Å². The molecule has 0 aliphatic rings. The highest BCUT2D eigenvalue weighted by Crippen LogP contribution is 2.32. The number of nitrogens with zero attached hydrogens (tertiary/aromatic N) is 2. The lowest BCUT2D eigenvalue weighted by Gasteiger charge is -2.13. The molecule has 0 aliphatic heterocycles. The van der Waals surface area contributed by atoms with Gasteiger partial charge in [-0.1, -0.05) is 25.1 Å². The molecule has 19 heavy (non-hydrogen) atoms. The molecule has 2 N–H and O–H groups in total. The first kappa shape index (κ1) is 12.4. The summed E-state index contributed by atoms with van der Waals surface area (Å²) in [6, 6.07) is 10.3. The topological polar surface area (TPSA) is 43.8 Å². The highest BCUT2D eigenvalue weighted by atomic mass is 32.1. The summed E-state index contributed by atoms with van der Waals surface area (Å²) in [5.74, 6) is 0. The van der Waals surface area contributed by atoms with Gasteiger partial charge < -0.3 is 5.73 Å². The molecule has 3 rings (SSSR count). The Labute approximate surface area is 116 Å². The van der Waals surface area contributed by atoms with Crippen LogP contribution in [0, 0.1) is 0 Å². The summed E-state index contributed by atoms with van der Waals surface area (Å²) in [7, 11) is 0. The van der Waals surface area contributed by atoms with Gasteiger partial charge in [0, 0.05) is 17.4 Å². The Hall–Kier alpha value is -1.65. The van der Waals surface area contributed by atoms with Gasteiger partial charge in [-0.25, -0.2) is 0 Å². The van der Waals surface area contributed by atoms with Crippen molar-refractivity contribution in [3.8, 4) is 0 Å². The molecule has 0 saturated carbocycles. The van der Waals surface area contributed by atoms with Crippen LogP contribution in [0.25, 0.3) is 10.1 Å². The van der Waals surface area contributed by atoms with Crippen LogP contribution in [0.2, 0.25) is 0 Å². The second-order valence-corrected chi connectivity index (χ2v) is 5.56. The minimum absolute atomic E-state index is 0.106. The molecule has 3 nitrogen and oxygen atoms in total. The van der Waals surface area contributed by atoms with Crippen molar-refractivity contribution in [1.82, 2.24) is 9.78 Å². The monoisotopic (exact) mass is 271 g/mol. The van der Waals surface area contributed by atoms with Gasteiger partial charge in [-0.05, 0) is 34.9 Å². The zero-order valence-corrected chi connectivity index (χ0v) is 11.7. The third-order valence-corrected chi connectivity index (χ3v) is 4.33. The molecule has 0 amide bonds. The molecule has 0 radical (unpaired) electrons. The van der Waals surface area contributed by atoms with Crippen LogP contribution < -0.4 is 5.73 Å². The smallest absolute Gasteiger partial charge is 0.0737 e. The second-order valence-electron chi connectivity index (χ2n) is 4.64. The van der Waals surface area contributed by atoms with Crippen LogP contribution in [0.15, 0.2) is 41.9 Å². The van der Waals surface area contributed by atoms with Crippen LogP contribution in [-0.2, 0) is 6.54 Å². The van der Waals surface area contributed by atoms with Gasteiger partial charge in [0.05, 0.1) is 11.7 Å². The van der Waals surface area contributed by atoms with E-state index in [0.29, 0.717) is 0 Å². The number of fused-ring (bicyclic) bond motifs is 1. The van der Waals surface area contributed by atoms with Gasteiger partial charge in [0.2, 0.25) is 0 Å². The first-order valence-electron chi connectivity index (χ1n) is 6.54. The number of rotatable bonds is 4. The molecule has 98 valence electrons. The molecule has 0 spiro atoms. The lowest BCUT2D eigenvalue weighted by Crippen LogP contribution is -2.17. The van der Waals surface area contributed by atoms with E-state index in [2.05, 4.69) is 41.7 Å². The fourth-order valence-corrected chi connectivity index (χ4v) is 3.40. The molecule has 0 saturated heterocycles. The summed E-state index contributed by atoms with van der Waals surface area (Å²) in [6.45, 7) is 3.06. The SMILES string of the molecule is CCCn1nccc1C(N)c1csc2ccccc12. The Morgan fingerprint density at radius 2 is 2.16 bits per heavy atom. The first-order valence-corrected chi connectivity index (χ1v) is 7.42. The number of thiophene rings is 1. The van der Waals surface area contributed by atoms with Crippen LogP contribution in [0.3, 0.4) is 0 Å². The number of hydrogen-bond acceptors (Lipinski definition) is 3. The van der Waals surface area contributed by atoms with Gasteiger partial charge in [0.1, 0.15) is 0 Å². The lowest BCUT2D eigenvalue weighted by molar-refractivity contribution is 0.560. The average molecular weight is 271 g/mol. The van der Waals surface area contributed by atoms with Crippen molar-refractivity contribution < 1.29 is 0 Å². The molecule has 2 heterocycles. The minimum atomic E-state index is -0.106. The number of hydrogen-bond donors (Lipinski definition) is 1. The van der Waals surface area contributed by atoms with Gasteiger partial charge in [-0.15, -0.1) is 11.3 Å². The van der Waals surface area contributed by atoms with Crippen LogP contribution in [0.5, 0.6) is 0 Å². The van der Waals surface area contributed by atoms with Gasteiger partial charge >= 0.3 is 0 Å². The maximum Gasteiger partial charge on any atom is 0.0737 e. The van der Waals surface area contributed by atoms with Crippen LogP contribution in [-0.4, -0.2) is 9.78 Å². The summed E-state index contributed by atoms with van der Waals surface area (Å²) < 4.78 is 3.30. The third-order valence-electron chi connectivity index (χ3n) is 3.35. The quantitative estimate of drug-likeness (QED) is 0.788. The van der Waals surface area contributed by atoms with E-state index >= 15 is 0 Å². The van der Waals surface area contributed by atoms with Crippen LogP contribution >= 0.6 is 11.3 Å². The molecule has 0 bridgehead atoms. The molecular formula is C15H17N3S. The van der Waals surface area contributed by atoms with Gasteiger partial charge in [0.15, 0.2) is 0 Å². The van der Waals surface area contributed by atoms with Crippen molar-refractivity contribution in [2.75, 3.05) is 0 Å². The molecule has 1 aromatic carbocycles. The Kier molecular flexibility index (Phi) is 3.36. The summed E-state index contributed by atoms with van der Waals surface area (Å²) in [5, 5.41) is 7.78. The number of nitrogens with two attached hydrogens (primary N) is 1. The van der Waals surface area contributed by atoms with E-state index in [1.807, 2.05) is 16.9 Å². The molecule has 0 aliphatic carbocycles. The van der Waals surface area contributed by atoms with Crippen molar-refractivity contribution in [3.63, 3.8) is 0 Å². The molecule has 3 aromatic rings. The number of aryl methyl sites for hydroxylation is 1. The third kappa shape index (κ3) is 2.17. The minimum Gasteiger partial charge on any atom is -0.319 e. The van der Waals surface area contributed by atoms with Crippen LogP contribution in [0.4, 0.5) is 0 Å². The fraction of sp³-hybridized carbons (Fsp3) is 0.267. The predicted molar refractivity (Wildman–Crippen MR) is 80.4 cm³/mol. The molecule has 0 fully saturated rings. The number of aromatic nitrogens is 2. The Morgan fingerprint density at radius 1 is 1.32 bits per heavy atom. The van der Waals surface area contributed by atoms with Crippen molar-refractivity contribution in [2.45, 2.75) is 25.9 Å². The summed E-state index contributed by atoms with van der Waals surface area (Å²) in [4.78, 5) is 0. The van der Waals surface area contributed by atoms with Gasteiger partial charge in [-0.2, -0.15) is 5.10 Å². The van der Waals surface area contributed by atoms with Gasteiger partial charge in [0.25, 0.3) is 0 Å². The maximum absolute atomic E-state index is 6.45. The van der Waals surface area contributed by atoms with Gasteiger partial charge in [-0.3, -0.25) is 4.68 Å². The van der Waals surface area contributed by atoms with E-state index in [1.165, 1.54) is 15.6 Å². The zero-order valence-electron chi connectivity index (χ0n) is 10.9. The molecular weight excluding hydrogens is 254 g/mol. The molecule has 2 aromatic heterocycles. The van der Waals surface area contributed by atoms with Crippen molar-refractivity contribution in [3.05, 3.63) is 53.2 Å². The molecule has 1 atom stereocenters. The van der Waals surface area contributed by atoms with Crippen LogP contribution in [0.1, 0.15) is 30.6 Å². The van der Waals surface area contributed by atoms with E-state index in [4.69, 9.17) is 5.73 Å². The highest BCUT2D eigenvalue weighted by molar-refractivity contribution is 7.17. The molecule has 1 unspecified atom stereocenters. The Morgan fingerprint density at radius 3 is 3.00 bits per heavy atom. The Balaban J connectivity index is 2.03. The first-order chi connectivity index (χ1) is 9.31. The number of benzene rings is 1. The van der Waals surface area contributed by atoms with E-state index in [1.54, 1.807) is 11.3 Å². The lowest BCUT2D eigenvalue weighted by atomic mass is 10.0. The molecule has 4 heteroatoms. The van der Waals surface area contributed by atoms with Crippen molar-refractivity contribution in [1.29, 1.82) is 0 Å². The Bertz CT molecular complexity index is 683. The summed E-state index contributed by atoms with van der Waals surface area (Å²) in [5.41, 5.74) is 8.73. The summed E-state index contributed by atoms with van der Waals surface area (Å²) in [6.07, 6.45) is 2.89. The second kappa shape index (κ2) is 5.15.